The van der Waals surface area contributed by atoms with Crippen LogP contribution in [0.25, 0.3) is 11.5 Å². The minimum absolute atomic E-state index is 0.0826. The van der Waals surface area contributed by atoms with Crippen LogP contribution < -0.4 is 0 Å². The highest BCUT2D eigenvalue weighted by Crippen LogP contribution is 2.41. The summed E-state index contributed by atoms with van der Waals surface area (Å²) in [5, 5.41) is 13.2. The molecule has 1 amide bonds. The number of Topliss-reactive ketones (excluding diaryl/α,β-unsaturated/α-hetero) is 1. The molecular formula is C21H22N4O3. The molecule has 1 heterocycles. The molecule has 0 saturated carbocycles. The van der Waals surface area contributed by atoms with E-state index in [1.54, 1.807) is 63.1 Å². The molecule has 1 aromatic heterocycles. The van der Waals surface area contributed by atoms with Gasteiger partial charge in [-0.15, -0.1) is 0 Å². The first-order chi connectivity index (χ1) is 13.1. The molecule has 7 nitrogen and oxygen atoms in total. The molecule has 0 spiro atoms. The van der Waals surface area contributed by atoms with Crippen LogP contribution in [0.15, 0.2) is 40.4 Å². The van der Waals surface area contributed by atoms with Crippen molar-refractivity contribution in [2.45, 2.75) is 39.7 Å². The number of nitriles is 1. The van der Waals surface area contributed by atoms with Gasteiger partial charge in [0.1, 0.15) is 6.07 Å². The van der Waals surface area contributed by atoms with Gasteiger partial charge in [0, 0.05) is 12.5 Å². The topological polar surface area (TPSA) is 100 Å². The number of aryl methyl sites for hydroxylation is 1. The summed E-state index contributed by atoms with van der Waals surface area (Å²) >= 11 is 0. The first-order valence-electron chi connectivity index (χ1n) is 8.95. The van der Waals surface area contributed by atoms with Gasteiger partial charge in [0.05, 0.1) is 22.2 Å². The van der Waals surface area contributed by atoms with Crippen molar-refractivity contribution in [2.75, 3.05) is 7.05 Å². The Morgan fingerprint density at radius 1 is 1.29 bits per heavy atom. The number of carbonyl (C=O) groups is 2. The van der Waals surface area contributed by atoms with Crippen LogP contribution in [-0.4, -0.2) is 39.3 Å². The van der Waals surface area contributed by atoms with E-state index in [1.165, 1.54) is 0 Å². The Bertz CT molecular complexity index is 1030. The molecule has 1 aliphatic rings. The summed E-state index contributed by atoms with van der Waals surface area (Å²) < 4.78 is 5.24. The lowest BCUT2D eigenvalue weighted by atomic mass is 9.68. The minimum Gasteiger partial charge on any atom is -0.334 e. The van der Waals surface area contributed by atoms with Crippen LogP contribution in [0.1, 0.15) is 43.4 Å². The van der Waals surface area contributed by atoms with E-state index in [4.69, 9.17) is 4.52 Å². The van der Waals surface area contributed by atoms with E-state index < -0.39 is 11.0 Å². The number of amides is 1. The molecule has 0 radical (unpaired) electrons. The predicted octanol–water partition coefficient (Wildman–Crippen LogP) is 3.32. The predicted molar refractivity (Wildman–Crippen MR) is 102 cm³/mol. The molecule has 0 saturated heterocycles. The summed E-state index contributed by atoms with van der Waals surface area (Å²) in [4.78, 5) is 31.6. The molecule has 0 unspecified atom stereocenters. The average Bonchev–Trinajstić information content (AvgIpc) is 3.09. The zero-order chi connectivity index (χ0) is 20.7. The van der Waals surface area contributed by atoms with Crippen LogP contribution in [-0.2, 0) is 4.79 Å². The standard InChI is InChI=1S/C21H22N4O3/c1-13-23-18(28-24-13)15-8-6-7-9-16(15)19(27)25(5)21(4)10-14(11-22)17(26)20(2,3)12-21/h6-10H,12H2,1-5H3/t21-/m1/s1. The largest absolute Gasteiger partial charge is 0.334 e. The number of benzene rings is 1. The molecule has 1 atom stereocenters. The van der Waals surface area contributed by atoms with Crippen LogP contribution in [0.5, 0.6) is 0 Å². The van der Waals surface area contributed by atoms with Crippen molar-refractivity contribution in [1.82, 2.24) is 15.0 Å². The summed E-state index contributed by atoms with van der Waals surface area (Å²) in [5.74, 6) is 0.293. The monoisotopic (exact) mass is 378 g/mol. The molecule has 1 aromatic carbocycles. The summed E-state index contributed by atoms with van der Waals surface area (Å²) in [6, 6.07) is 8.99. The van der Waals surface area contributed by atoms with E-state index in [1.807, 2.05) is 13.0 Å². The Kier molecular flexibility index (Phi) is 4.67. The average molecular weight is 378 g/mol. The van der Waals surface area contributed by atoms with E-state index in [-0.39, 0.29) is 23.2 Å². The lowest BCUT2D eigenvalue weighted by Crippen LogP contribution is -2.52. The van der Waals surface area contributed by atoms with Gasteiger partial charge in [-0.3, -0.25) is 9.59 Å². The number of aromatic nitrogens is 2. The van der Waals surface area contributed by atoms with Gasteiger partial charge in [0.15, 0.2) is 11.6 Å². The molecule has 7 heteroatoms. The third-order valence-electron chi connectivity index (χ3n) is 5.22. The fraction of sp³-hybridized carbons (Fsp3) is 0.381. The van der Waals surface area contributed by atoms with Crippen LogP contribution >= 0.6 is 0 Å². The van der Waals surface area contributed by atoms with Crippen molar-refractivity contribution in [3.8, 4) is 17.5 Å². The number of allylic oxidation sites excluding steroid dienone is 1. The number of nitrogens with zero attached hydrogens (tertiary/aromatic N) is 4. The first kappa shape index (κ1) is 19.5. The van der Waals surface area contributed by atoms with Crippen molar-refractivity contribution in [2.24, 2.45) is 5.41 Å². The van der Waals surface area contributed by atoms with Gasteiger partial charge in [0.2, 0.25) is 0 Å². The lowest BCUT2D eigenvalue weighted by Gasteiger charge is -2.44. The smallest absolute Gasteiger partial charge is 0.258 e. The maximum absolute atomic E-state index is 13.4. The summed E-state index contributed by atoms with van der Waals surface area (Å²) in [6.45, 7) is 7.16. The van der Waals surface area contributed by atoms with Gasteiger partial charge in [-0.1, -0.05) is 31.1 Å². The molecule has 0 fully saturated rings. The van der Waals surface area contributed by atoms with E-state index in [0.717, 1.165) is 0 Å². The third-order valence-corrected chi connectivity index (χ3v) is 5.22. The van der Waals surface area contributed by atoms with Crippen molar-refractivity contribution in [1.29, 1.82) is 5.26 Å². The highest BCUT2D eigenvalue weighted by Gasteiger charge is 2.46. The van der Waals surface area contributed by atoms with Crippen LogP contribution in [0.2, 0.25) is 0 Å². The Hall–Kier alpha value is -3.27. The van der Waals surface area contributed by atoms with Gasteiger partial charge in [-0.25, -0.2) is 0 Å². The number of rotatable bonds is 3. The molecule has 28 heavy (non-hydrogen) atoms. The number of ketones is 1. The van der Waals surface area contributed by atoms with E-state index in [9.17, 15) is 14.9 Å². The van der Waals surface area contributed by atoms with Crippen molar-refractivity contribution in [3.63, 3.8) is 0 Å². The summed E-state index contributed by atoms with van der Waals surface area (Å²) in [6.07, 6.45) is 2.01. The molecule has 0 aliphatic heterocycles. The molecule has 144 valence electrons. The fourth-order valence-electron chi connectivity index (χ4n) is 3.74. The summed E-state index contributed by atoms with van der Waals surface area (Å²) in [5.41, 5.74) is -0.501. The number of hydrogen-bond acceptors (Lipinski definition) is 6. The quantitative estimate of drug-likeness (QED) is 0.812. The molecule has 2 aromatic rings. The SMILES string of the molecule is Cc1noc(-c2ccccc2C(=O)N(C)[C@]2(C)C=C(C#N)C(=O)C(C)(C)C2)n1. The zero-order valence-corrected chi connectivity index (χ0v) is 16.6. The normalized spacial score (nSPS) is 21.0. The lowest BCUT2D eigenvalue weighted by molar-refractivity contribution is -0.125. The van der Waals surface area contributed by atoms with Crippen LogP contribution in [0, 0.1) is 23.7 Å². The highest BCUT2D eigenvalue weighted by molar-refractivity contribution is 6.05. The second kappa shape index (κ2) is 6.71. The molecule has 1 aliphatic carbocycles. The minimum atomic E-state index is -0.794. The first-order valence-corrected chi connectivity index (χ1v) is 8.95. The Morgan fingerprint density at radius 3 is 2.57 bits per heavy atom. The van der Waals surface area contributed by atoms with Gasteiger partial charge in [-0.05, 0) is 38.5 Å². The molecule has 3 rings (SSSR count). The number of hydrogen-bond donors (Lipinski definition) is 0. The van der Waals surface area contributed by atoms with E-state index >= 15 is 0 Å². The second-order valence-electron chi connectivity index (χ2n) is 7.97. The van der Waals surface area contributed by atoms with Gasteiger partial charge in [-0.2, -0.15) is 10.2 Å². The van der Waals surface area contributed by atoms with Crippen molar-refractivity contribution < 1.29 is 14.1 Å². The fourth-order valence-corrected chi connectivity index (χ4v) is 3.74. The molecular weight excluding hydrogens is 356 g/mol. The van der Waals surface area contributed by atoms with Crippen LogP contribution in [0.3, 0.4) is 0 Å². The van der Waals surface area contributed by atoms with Gasteiger partial charge >= 0.3 is 0 Å². The highest BCUT2D eigenvalue weighted by atomic mass is 16.5. The van der Waals surface area contributed by atoms with E-state index in [0.29, 0.717) is 23.4 Å². The Labute approximate surface area is 163 Å². The van der Waals surface area contributed by atoms with Crippen molar-refractivity contribution in [3.05, 3.63) is 47.3 Å². The molecule has 0 N–H and O–H groups in total. The summed E-state index contributed by atoms with van der Waals surface area (Å²) in [7, 11) is 1.68. The Balaban J connectivity index is 2.04. The molecule has 0 bridgehead atoms. The maximum atomic E-state index is 13.4. The van der Waals surface area contributed by atoms with Crippen LogP contribution in [0.4, 0.5) is 0 Å². The number of likely N-dealkylation sites (N-methyl/N-ethyl adjacent to an activating group) is 1. The van der Waals surface area contributed by atoms with E-state index in [2.05, 4.69) is 10.1 Å². The third kappa shape index (κ3) is 3.22. The van der Waals surface area contributed by atoms with Gasteiger partial charge < -0.3 is 9.42 Å². The number of carbonyl (C=O) groups excluding carboxylic acids is 2. The Morgan fingerprint density at radius 2 is 1.96 bits per heavy atom. The zero-order valence-electron chi connectivity index (χ0n) is 16.6. The maximum Gasteiger partial charge on any atom is 0.258 e. The van der Waals surface area contributed by atoms with Crippen molar-refractivity contribution >= 4 is 11.7 Å². The second-order valence-corrected chi connectivity index (χ2v) is 7.97. The van der Waals surface area contributed by atoms with Gasteiger partial charge in [0.25, 0.3) is 11.8 Å².